The molecule has 5 rings (SSSR count). The van der Waals surface area contributed by atoms with E-state index >= 15 is 0 Å². The lowest BCUT2D eigenvalue weighted by Crippen LogP contribution is -2.20. The first-order chi connectivity index (χ1) is 15.2. The number of benzene rings is 3. The highest BCUT2D eigenvalue weighted by atomic mass is 16.5. The summed E-state index contributed by atoms with van der Waals surface area (Å²) < 4.78 is 18.5. The lowest BCUT2D eigenvalue weighted by atomic mass is 10.1. The number of anilines is 1. The molecule has 0 aliphatic heterocycles. The third kappa shape index (κ3) is 3.64. The van der Waals surface area contributed by atoms with Crippen molar-refractivity contribution >= 4 is 33.5 Å². The van der Waals surface area contributed by atoms with Crippen molar-refractivity contribution in [3.05, 3.63) is 67.0 Å². The summed E-state index contributed by atoms with van der Waals surface area (Å²) in [7, 11) is 1.56. The molecule has 0 saturated heterocycles. The molecular weight excluding hydrogens is 398 g/mol. The summed E-state index contributed by atoms with van der Waals surface area (Å²) in [5, 5.41) is 15.8. The molecule has 0 aliphatic rings. The quantitative estimate of drug-likeness (QED) is 0.452. The Morgan fingerprint density at radius 1 is 1.06 bits per heavy atom. The molecule has 2 heterocycles. The number of aromatic nitrogens is 4. The molecule has 1 amide bonds. The summed E-state index contributed by atoms with van der Waals surface area (Å²) in [6, 6.07) is 18.5. The Morgan fingerprint density at radius 2 is 1.97 bits per heavy atom. The number of hydrogen-bond donors (Lipinski definition) is 1. The van der Waals surface area contributed by atoms with Gasteiger partial charge in [-0.2, -0.15) is 0 Å². The van der Waals surface area contributed by atoms with Gasteiger partial charge in [0.05, 0.1) is 18.5 Å². The van der Waals surface area contributed by atoms with Crippen LogP contribution >= 0.6 is 0 Å². The molecule has 0 saturated carbocycles. The molecule has 5 aromatic rings. The van der Waals surface area contributed by atoms with Crippen LogP contribution in [0.4, 0.5) is 5.69 Å². The number of rotatable bonds is 6. The van der Waals surface area contributed by atoms with E-state index < -0.39 is 0 Å². The van der Waals surface area contributed by atoms with Crippen LogP contribution in [0.15, 0.2) is 71.4 Å². The van der Waals surface area contributed by atoms with Gasteiger partial charge >= 0.3 is 0 Å². The molecule has 0 unspecified atom stereocenters. The van der Waals surface area contributed by atoms with Crippen LogP contribution in [0.2, 0.25) is 0 Å². The third-order valence-corrected chi connectivity index (χ3v) is 4.77. The van der Waals surface area contributed by atoms with Crippen LogP contribution in [0.25, 0.3) is 27.6 Å². The molecule has 154 valence electrons. The van der Waals surface area contributed by atoms with Crippen molar-refractivity contribution in [2.75, 3.05) is 19.0 Å². The van der Waals surface area contributed by atoms with Crippen molar-refractivity contribution in [1.29, 1.82) is 0 Å². The fourth-order valence-electron chi connectivity index (χ4n) is 3.35. The van der Waals surface area contributed by atoms with Crippen molar-refractivity contribution in [3.63, 3.8) is 0 Å². The molecule has 0 atom stereocenters. The van der Waals surface area contributed by atoms with Gasteiger partial charge in [-0.15, -0.1) is 5.10 Å². The highest BCUT2D eigenvalue weighted by Gasteiger charge is 2.14. The molecule has 9 nitrogen and oxygen atoms in total. The Bertz CT molecular complexity index is 1380. The van der Waals surface area contributed by atoms with Gasteiger partial charge in [-0.05, 0) is 34.7 Å². The monoisotopic (exact) mass is 415 g/mol. The van der Waals surface area contributed by atoms with Crippen molar-refractivity contribution in [3.8, 4) is 17.2 Å². The second-order valence-corrected chi connectivity index (χ2v) is 6.74. The summed E-state index contributed by atoms with van der Waals surface area (Å²) in [6.07, 6.45) is 1.48. The molecular formula is C22H17N5O4. The average Bonchev–Trinajstić information content (AvgIpc) is 3.45. The molecule has 0 radical (unpaired) electrons. The zero-order chi connectivity index (χ0) is 21.2. The molecule has 0 bridgehead atoms. The van der Waals surface area contributed by atoms with Crippen LogP contribution in [0, 0.1) is 0 Å². The molecule has 0 fully saturated rings. The largest absolute Gasteiger partial charge is 0.495 e. The van der Waals surface area contributed by atoms with E-state index in [-0.39, 0.29) is 12.5 Å². The SMILES string of the molecule is COc1cc2c(cc1NC(=O)COc1cccc(-n3cnnn3)c1)oc1ccccc12. The van der Waals surface area contributed by atoms with Gasteiger partial charge < -0.3 is 19.2 Å². The third-order valence-electron chi connectivity index (χ3n) is 4.77. The van der Waals surface area contributed by atoms with Crippen molar-refractivity contribution < 1.29 is 18.7 Å². The fourth-order valence-corrected chi connectivity index (χ4v) is 3.35. The van der Waals surface area contributed by atoms with E-state index in [4.69, 9.17) is 13.9 Å². The first-order valence-electron chi connectivity index (χ1n) is 9.46. The molecule has 31 heavy (non-hydrogen) atoms. The number of amides is 1. The van der Waals surface area contributed by atoms with Gasteiger partial charge in [-0.1, -0.05) is 24.3 Å². The lowest BCUT2D eigenvalue weighted by Gasteiger charge is -2.11. The zero-order valence-electron chi connectivity index (χ0n) is 16.5. The number of methoxy groups -OCH3 is 1. The number of carbonyl (C=O) groups excluding carboxylic acids is 1. The predicted molar refractivity (Wildman–Crippen MR) is 114 cm³/mol. The van der Waals surface area contributed by atoms with Gasteiger partial charge in [-0.3, -0.25) is 4.79 Å². The maximum atomic E-state index is 12.5. The van der Waals surface area contributed by atoms with Gasteiger partial charge in [0.25, 0.3) is 5.91 Å². The second-order valence-electron chi connectivity index (χ2n) is 6.74. The van der Waals surface area contributed by atoms with Gasteiger partial charge in [0, 0.05) is 22.9 Å². The van der Waals surface area contributed by atoms with Crippen LogP contribution in [-0.2, 0) is 4.79 Å². The average molecular weight is 415 g/mol. The molecule has 1 N–H and O–H groups in total. The Hall–Kier alpha value is -4.40. The zero-order valence-corrected chi connectivity index (χ0v) is 16.5. The number of ether oxygens (including phenoxy) is 2. The molecule has 0 aliphatic carbocycles. The Morgan fingerprint density at radius 3 is 2.81 bits per heavy atom. The Balaban J connectivity index is 1.33. The minimum absolute atomic E-state index is 0.180. The van der Waals surface area contributed by atoms with Gasteiger partial charge in [0.2, 0.25) is 0 Å². The molecule has 2 aromatic heterocycles. The van der Waals surface area contributed by atoms with E-state index in [9.17, 15) is 4.79 Å². The fraction of sp³-hybridized carbons (Fsp3) is 0.0909. The highest BCUT2D eigenvalue weighted by molar-refractivity contribution is 6.07. The summed E-state index contributed by atoms with van der Waals surface area (Å²) in [6.45, 7) is -0.180. The van der Waals surface area contributed by atoms with Crippen LogP contribution in [0.1, 0.15) is 0 Å². The van der Waals surface area contributed by atoms with Crippen molar-refractivity contribution in [2.24, 2.45) is 0 Å². The highest BCUT2D eigenvalue weighted by Crippen LogP contribution is 2.36. The van der Waals surface area contributed by atoms with Crippen molar-refractivity contribution in [1.82, 2.24) is 20.2 Å². The first-order valence-corrected chi connectivity index (χ1v) is 9.46. The van der Waals surface area contributed by atoms with E-state index in [0.717, 1.165) is 22.0 Å². The Kier molecular flexibility index (Phi) is 4.68. The number of carbonyl (C=O) groups is 1. The van der Waals surface area contributed by atoms with E-state index in [2.05, 4.69) is 20.8 Å². The number of nitrogens with zero attached hydrogens (tertiary/aromatic N) is 4. The van der Waals surface area contributed by atoms with Crippen LogP contribution in [-0.4, -0.2) is 39.8 Å². The normalized spacial score (nSPS) is 11.0. The van der Waals surface area contributed by atoms with Crippen LogP contribution < -0.4 is 14.8 Å². The first kappa shape index (κ1) is 18.6. The minimum atomic E-state index is -0.332. The maximum absolute atomic E-state index is 12.5. The summed E-state index contributed by atoms with van der Waals surface area (Å²) in [5.41, 5.74) is 2.66. The van der Waals surface area contributed by atoms with Gasteiger partial charge in [-0.25, -0.2) is 4.68 Å². The number of fused-ring (bicyclic) bond motifs is 3. The molecule has 0 spiro atoms. The van der Waals surface area contributed by atoms with E-state index in [1.165, 1.54) is 11.0 Å². The number of furan rings is 1. The number of hydrogen-bond acceptors (Lipinski definition) is 7. The number of nitrogens with one attached hydrogen (secondary N) is 1. The smallest absolute Gasteiger partial charge is 0.262 e. The number of tetrazole rings is 1. The summed E-state index contributed by atoms with van der Waals surface area (Å²) in [4.78, 5) is 12.5. The molecule has 3 aromatic carbocycles. The molecule has 9 heteroatoms. The van der Waals surface area contributed by atoms with E-state index in [1.54, 1.807) is 31.4 Å². The summed E-state index contributed by atoms with van der Waals surface area (Å²) >= 11 is 0. The van der Waals surface area contributed by atoms with E-state index in [1.807, 2.05) is 36.4 Å². The second kappa shape index (κ2) is 7.79. The van der Waals surface area contributed by atoms with E-state index in [0.29, 0.717) is 22.8 Å². The van der Waals surface area contributed by atoms with Gasteiger partial charge in [0.1, 0.15) is 29.0 Å². The minimum Gasteiger partial charge on any atom is -0.495 e. The number of para-hydroxylation sites is 1. The van der Waals surface area contributed by atoms with Gasteiger partial charge in [0.15, 0.2) is 6.61 Å². The van der Waals surface area contributed by atoms with Crippen LogP contribution in [0.3, 0.4) is 0 Å². The summed E-state index contributed by atoms with van der Waals surface area (Å²) in [5.74, 6) is 0.720. The Labute approximate surface area is 176 Å². The van der Waals surface area contributed by atoms with Crippen molar-refractivity contribution in [2.45, 2.75) is 0 Å². The lowest BCUT2D eigenvalue weighted by molar-refractivity contribution is -0.118. The topological polar surface area (TPSA) is 104 Å². The standard InChI is InChI=1S/C22H17N5O4/c1-29-21-10-17-16-7-2-3-8-19(16)31-20(17)11-18(21)24-22(28)12-30-15-6-4-5-14(9-15)27-13-23-25-26-27/h2-11,13H,12H2,1H3,(H,24,28). The van der Waals surface area contributed by atoms with Crippen LogP contribution in [0.5, 0.6) is 11.5 Å². The maximum Gasteiger partial charge on any atom is 0.262 e. The predicted octanol–water partition coefficient (Wildman–Crippen LogP) is 3.59.